The molecule has 0 unspecified atom stereocenters. The average Bonchev–Trinajstić information content (AvgIpc) is 2.26. The van der Waals surface area contributed by atoms with E-state index in [1.807, 2.05) is 26.8 Å². The lowest BCUT2D eigenvalue weighted by Gasteiger charge is -2.40. The van der Waals surface area contributed by atoms with Gasteiger partial charge in [-0.1, -0.05) is 6.07 Å². The molecule has 1 aliphatic rings. The van der Waals surface area contributed by atoms with Crippen LogP contribution in [0.1, 0.15) is 33.6 Å². The fourth-order valence-electron chi connectivity index (χ4n) is 2.01. The fraction of sp³-hybridized carbons (Fsp3) is 0.571. The smallest absolute Gasteiger partial charge is 0.416 e. The molecule has 1 amide bonds. The molecule has 1 saturated carbocycles. The van der Waals surface area contributed by atoms with Gasteiger partial charge in [0.1, 0.15) is 11.4 Å². The largest absolute Gasteiger partial charge is 0.443 e. The first kappa shape index (κ1) is 13.8. The van der Waals surface area contributed by atoms with E-state index in [-0.39, 0.29) is 12.1 Å². The van der Waals surface area contributed by atoms with Crippen molar-refractivity contribution in [3.63, 3.8) is 0 Å². The quantitative estimate of drug-likeness (QED) is 0.890. The van der Waals surface area contributed by atoms with Gasteiger partial charge < -0.3 is 9.84 Å². The molecule has 0 saturated heterocycles. The third-order valence-electron chi connectivity index (χ3n) is 2.94. The number of hydrogen-bond acceptors (Lipinski definition) is 4. The zero-order valence-corrected chi connectivity index (χ0v) is 11.5. The number of aliphatic hydroxyl groups excluding tert-OH is 1. The van der Waals surface area contributed by atoms with E-state index in [1.165, 1.54) is 4.90 Å². The molecule has 0 atom stereocenters. The fourth-order valence-corrected chi connectivity index (χ4v) is 2.01. The highest BCUT2D eigenvalue weighted by Crippen LogP contribution is 2.30. The van der Waals surface area contributed by atoms with Crippen LogP contribution in [0, 0.1) is 0 Å². The summed E-state index contributed by atoms with van der Waals surface area (Å²) < 4.78 is 5.41. The molecular weight excluding hydrogens is 244 g/mol. The molecule has 0 bridgehead atoms. The second kappa shape index (κ2) is 5.17. The van der Waals surface area contributed by atoms with Crippen LogP contribution in [0.3, 0.4) is 0 Å². The molecule has 0 aromatic carbocycles. The predicted molar refractivity (Wildman–Crippen MR) is 72.0 cm³/mol. The molecule has 1 N–H and O–H groups in total. The van der Waals surface area contributed by atoms with Crippen molar-refractivity contribution in [1.82, 2.24) is 4.98 Å². The van der Waals surface area contributed by atoms with Crippen LogP contribution in [-0.2, 0) is 4.74 Å². The molecule has 0 radical (unpaired) electrons. The van der Waals surface area contributed by atoms with Crippen LogP contribution in [0.5, 0.6) is 0 Å². The summed E-state index contributed by atoms with van der Waals surface area (Å²) in [6.45, 7) is 5.49. The average molecular weight is 264 g/mol. The van der Waals surface area contributed by atoms with Crippen LogP contribution in [0.25, 0.3) is 0 Å². The Balaban J connectivity index is 2.18. The number of carbonyl (C=O) groups excluding carboxylic acids is 1. The maximum Gasteiger partial charge on any atom is 0.416 e. The minimum absolute atomic E-state index is 0.0419. The van der Waals surface area contributed by atoms with Crippen molar-refractivity contribution in [1.29, 1.82) is 0 Å². The molecule has 1 aromatic rings. The maximum atomic E-state index is 12.3. The van der Waals surface area contributed by atoms with Crippen molar-refractivity contribution < 1.29 is 14.6 Å². The van der Waals surface area contributed by atoms with Crippen LogP contribution < -0.4 is 4.90 Å². The van der Waals surface area contributed by atoms with Gasteiger partial charge in [0.25, 0.3) is 0 Å². The zero-order valence-electron chi connectivity index (χ0n) is 11.5. The third kappa shape index (κ3) is 3.44. The van der Waals surface area contributed by atoms with Crippen molar-refractivity contribution in [2.24, 2.45) is 0 Å². The van der Waals surface area contributed by atoms with E-state index in [4.69, 9.17) is 4.74 Å². The first-order valence-corrected chi connectivity index (χ1v) is 6.48. The number of pyridine rings is 1. The number of carbonyl (C=O) groups is 1. The SMILES string of the molecule is CC(C)(C)OC(=O)N(c1ccccn1)C1CC(O)C1. The number of amides is 1. The monoisotopic (exact) mass is 264 g/mol. The molecular formula is C14H20N2O3. The minimum atomic E-state index is -0.549. The van der Waals surface area contributed by atoms with Crippen molar-refractivity contribution in [3.05, 3.63) is 24.4 Å². The van der Waals surface area contributed by atoms with E-state index in [1.54, 1.807) is 18.3 Å². The molecule has 0 aliphatic heterocycles. The summed E-state index contributed by atoms with van der Waals surface area (Å²) in [6.07, 6.45) is 2.02. The van der Waals surface area contributed by atoms with Crippen LogP contribution in [0.2, 0.25) is 0 Å². The van der Waals surface area contributed by atoms with Gasteiger partial charge in [0, 0.05) is 12.2 Å². The molecule has 5 nitrogen and oxygen atoms in total. The second-order valence-corrected chi connectivity index (χ2v) is 5.82. The first-order valence-electron chi connectivity index (χ1n) is 6.48. The molecule has 1 heterocycles. The number of anilines is 1. The Morgan fingerprint density at radius 1 is 1.42 bits per heavy atom. The zero-order chi connectivity index (χ0) is 14.0. The number of rotatable bonds is 2. The lowest BCUT2D eigenvalue weighted by atomic mass is 9.88. The van der Waals surface area contributed by atoms with Crippen LogP contribution >= 0.6 is 0 Å². The predicted octanol–water partition coefficient (Wildman–Crippen LogP) is 2.35. The van der Waals surface area contributed by atoms with Gasteiger partial charge in [-0.15, -0.1) is 0 Å². The standard InChI is InChI=1S/C14H20N2O3/c1-14(2,3)19-13(18)16(10-8-11(17)9-10)12-6-4-5-7-15-12/h4-7,10-11,17H,8-9H2,1-3H3. The van der Waals surface area contributed by atoms with E-state index in [0.717, 1.165) is 0 Å². The minimum Gasteiger partial charge on any atom is -0.443 e. The van der Waals surface area contributed by atoms with Crippen molar-refractivity contribution in [2.45, 2.75) is 51.4 Å². The van der Waals surface area contributed by atoms with E-state index in [0.29, 0.717) is 18.7 Å². The summed E-state index contributed by atoms with van der Waals surface area (Å²) >= 11 is 0. The number of aromatic nitrogens is 1. The van der Waals surface area contributed by atoms with Crippen LogP contribution in [0.4, 0.5) is 10.6 Å². The molecule has 1 fully saturated rings. The Labute approximate surface area is 113 Å². The molecule has 0 spiro atoms. The molecule has 1 aromatic heterocycles. The first-order chi connectivity index (χ1) is 8.87. The molecule has 1 aliphatic carbocycles. The Hall–Kier alpha value is -1.62. The van der Waals surface area contributed by atoms with Gasteiger partial charge in [0.2, 0.25) is 0 Å². The van der Waals surface area contributed by atoms with Crippen molar-refractivity contribution in [2.75, 3.05) is 4.90 Å². The highest BCUT2D eigenvalue weighted by Gasteiger charge is 2.38. The van der Waals surface area contributed by atoms with Gasteiger partial charge in [-0.2, -0.15) is 0 Å². The number of ether oxygens (including phenoxy) is 1. The number of aliphatic hydroxyl groups is 1. The molecule has 5 heteroatoms. The van der Waals surface area contributed by atoms with E-state index < -0.39 is 11.7 Å². The number of nitrogens with zero attached hydrogens (tertiary/aromatic N) is 2. The Morgan fingerprint density at radius 3 is 2.58 bits per heavy atom. The van der Waals surface area contributed by atoms with Crippen molar-refractivity contribution >= 4 is 11.9 Å². The van der Waals surface area contributed by atoms with Gasteiger partial charge >= 0.3 is 6.09 Å². The molecule has 19 heavy (non-hydrogen) atoms. The van der Waals surface area contributed by atoms with Gasteiger partial charge in [-0.25, -0.2) is 9.78 Å². The summed E-state index contributed by atoms with van der Waals surface area (Å²) in [4.78, 5) is 18.0. The van der Waals surface area contributed by atoms with E-state index in [9.17, 15) is 9.90 Å². The lowest BCUT2D eigenvalue weighted by molar-refractivity contribution is 0.0415. The Kier molecular flexibility index (Phi) is 3.75. The van der Waals surface area contributed by atoms with Crippen LogP contribution in [-0.4, -0.2) is 33.9 Å². The number of hydrogen-bond donors (Lipinski definition) is 1. The van der Waals surface area contributed by atoms with Crippen LogP contribution in [0.15, 0.2) is 24.4 Å². The highest BCUT2D eigenvalue weighted by molar-refractivity contribution is 5.87. The summed E-state index contributed by atoms with van der Waals surface area (Å²) in [5, 5.41) is 9.43. The van der Waals surface area contributed by atoms with Gasteiger partial charge in [0.15, 0.2) is 0 Å². The topological polar surface area (TPSA) is 62.7 Å². The summed E-state index contributed by atoms with van der Waals surface area (Å²) in [7, 11) is 0. The van der Waals surface area contributed by atoms with Crippen molar-refractivity contribution in [3.8, 4) is 0 Å². The van der Waals surface area contributed by atoms with E-state index >= 15 is 0 Å². The van der Waals surface area contributed by atoms with E-state index in [2.05, 4.69) is 4.98 Å². The Bertz CT molecular complexity index is 436. The third-order valence-corrected chi connectivity index (χ3v) is 2.94. The summed E-state index contributed by atoms with van der Waals surface area (Å²) in [6, 6.07) is 5.36. The Morgan fingerprint density at radius 2 is 2.11 bits per heavy atom. The maximum absolute atomic E-state index is 12.3. The van der Waals surface area contributed by atoms with Gasteiger partial charge in [0.05, 0.1) is 6.10 Å². The lowest BCUT2D eigenvalue weighted by Crippen LogP contribution is -2.51. The van der Waals surface area contributed by atoms with Gasteiger partial charge in [-0.3, -0.25) is 4.90 Å². The second-order valence-electron chi connectivity index (χ2n) is 5.82. The normalized spacial score (nSPS) is 22.5. The summed E-state index contributed by atoms with van der Waals surface area (Å²) in [5.74, 6) is 0.564. The highest BCUT2D eigenvalue weighted by atomic mass is 16.6. The summed E-state index contributed by atoms with van der Waals surface area (Å²) in [5.41, 5.74) is -0.549. The molecule has 2 rings (SSSR count). The van der Waals surface area contributed by atoms with Gasteiger partial charge in [-0.05, 0) is 45.7 Å². The molecule has 104 valence electrons.